The molecule has 5 heteroatoms. The van der Waals surface area contributed by atoms with Gasteiger partial charge in [-0.2, -0.15) is 0 Å². The van der Waals surface area contributed by atoms with Crippen LogP contribution in [0.3, 0.4) is 0 Å². The van der Waals surface area contributed by atoms with Gasteiger partial charge in [-0.05, 0) is 5.56 Å². The van der Waals surface area contributed by atoms with Gasteiger partial charge in [0, 0.05) is 11.0 Å². The molecule has 19 heavy (non-hydrogen) atoms. The van der Waals surface area contributed by atoms with Crippen molar-refractivity contribution >= 4 is 23.5 Å². The molecule has 0 saturated heterocycles. The highest BCUT2D eigenvalue weighted by Gasteiger charge is 2.49. The Morgan fingerprint density at radius 3 is 2.16 bits per heavy atom. The van der Waals surface area contributed by atoms with Crippen LogP contribution in [0, 0.1) is 5.41 Å². The maximum atomic E-state index is 11.2. The lowest BCUT2D eigenvalue weighted by Crippen LogP contribution is -2.39. The fraction of sp³-hybridized carbons (Fsp3) is 0.143. The molecule has 0 fully saturated rings. The van der Waals surface area contributed by atoms with E-state index in [2.05, 4.69) is 0 Å². The van der Waals surface area contributed by atoms with E-state index in [1.54, 1.807) is 6.08 Å². The van der Waals surface area contributed by atoms with Crippen molar-refractivity contribution in [2.45, 2.75) is 5.92 Å². The Hall–Kier alpha value is -2.07. The quantitative estimate of drug-likeness (QED) is 0.658. The van der Waals surface area contributed by atoms with Crippen LogP contribution in [0.2, 0.25) is 0 Å². The lowest BCUT2D eigenvalue weighted by atomic mass is 9.79. The van der Waals surface area contributed by atoms with Crippen LogP contribution in [-0.4, -0.2) is 22.2 Å². The van der Waals surface area contributed by atoms with Crippen molar-refractivity contribution in [2.75, 3.05) is 0 Å². The van der Waals surface area contributed by atoms with E-state index in [1.807, 2.05) is 30.3 Å². The molecule has 1 unspecified atom stereocenters. The van der Waals surface area contributed by atoms with E-state index < -0.39 is 17.4 Å². The van der Waals surface area contributed by atoms with E-state index in [4.69, 9.17) is 21.8 Å². The largest absolute Gasteiger partial charge is 0.480 e. The predicted molar refractivity (Wildman–Crippen MR) is 70.0 cm³/mol. The summed E-state index contributed by atoms with van der Waals surface area (Å²) in [5, 5.41) is 18.1. The van der Waals surface area contributed by atoms with Crippen molar-refractivity contribution in [3.63, 3.8) is 0 Å². The number of allylic oxidation sites excluding steroid dienone is 2. The molecule has 0 heterocycles. The molecule has 0 amide bonds. The number of aliphatic carboxylic acids is 2. The summed E-state index contributed by atoms with van der Waals surface area (Å²) in [6.07, 6.45) is 4.14. The molecule has 4 nitrogen and oxygen atoms in total. The zero-order valence-electron chi connectivity index (χ0n) is 9.79. The standard InChI is InChI=1S/C14H11ClO4/c15-11-8-10(9-4-2-1-3-5-9)6-7-14(11,12(16)17)13(18)19/h1-8,10H,(H,16,17)(H,18,19). The van der Waals surface area contributed by atoms with Gasteiger partial charge in [-0.15, -0.1) is 0 Å². The SMILES string of the molecule is O=C(O)C1(C(=O)O)C=CC(c2ccccc2)C=C1Cl. The number of carbonyl (C=O) groups is 2. The summed E-state index contributed by atoms with van der Waals surface area (Å²) < 4.78 is 0. The maximum absolute atomic E-state index is 11.2. The van der Waals surface area contributed by atoms with Crippen molar-refractivity contribution in [3.8, 4) is 0 Å². The van der Waals surface area contributed by atoms with Gasteiger partial charge in [0.15, 0.2) is 0 Å². The molecule has 0 aromatic heterocycles. The highest BCUT2D eigenvalue weighted by molar-refractivity contribution is 6.35. The number of carboxylic acids is 2. The molecule has 0 radical (unpaired) electrons. The van der Waals surface area contributed by atoms with Gasteiger partial charge < -0.3 is 10.2 Å². The second-order valence-corrected chi connectivity index (χ2v) is 4.64. The molecular weight excluding hydrogens is 268 g/mol. The summed E-state index contributed by atoms with van der Waals surface area (Å²) >= 11 is 5.92. The van der Waals surface area contributed by atoms with Gasteiger partial charge in [-0.1, -0.05) is 60.2 Å². The second kappa shape index (κ2) is 4.90. The molecule has 2 N–H and O–H groups in total. The van der Waals surface area contributed by atoms with Crippen LogP contribution in [-0.2, 0) is 9.59 Å². The van der Waals surface area contributed by atoms with Crippen molar-refractivity contribution in [3.05, 3.63) is 59.2 Å². The van der Waals surface area contributed by atoms with Crippen LogP contribution in [0.5, 0.6) is 0 Å². The first kappa shape index (κ1) is 13.4. The molecule has 1 atom stereocenters. The van der Waals surface area contributed by atoms with Gasteiger partial charge in [0.05, 0.1) is 0 Å². The van der Waals surface area contributed by atoms with Crippen LogP contribution in [0.4, 0.5) is 0 Å². The highest BCUT2D eigenvalue weighted by atomic mass is 35.5. The Balaban J connectivity index is 2.42. The Morgan fingerprint density at radius 2 is 1.68 bits per heavy atom. The zero-order chi connectivity index (χ0) is 14.0. The molecule has 1 aromatic carbocycles. The molecule has 1 aliphatic rings. The zero-order valence-corrected chi connectivity index (χ0v) is 10.5. The molecular formula is C14H11ClO4. The van der Waals surface area contributed by atoms with E-state index in [-0.39, 0.29) is 11.0 Å². The van der Waals surface area contributed by atoms with Crippen LogP contribution in [0.25, 0.3) is 0 Å². The Morgan fingerprint density at radius 1 is 1.11 bits per heavy atom. The molecule has 98 valence electrons. The number of halogens is 1. The lowest BCUT2D eigenvalue weighted by Gasteiger charge is -2.26. The minimum Gasteiger partial charge on any atom is -0.480 e. The number of hydrogen-bond acceptors (Lipinski definition) is 2. The third-order valence-corrected chi connectivity index (χ3v) is 3.54. The van der Waals surface area contributed by atoms with Crippen LogP contribution in [0.1, 0.15) is 11.5 Å². The van der Waals surface area contributed by atoms with E-state index in [9.17, 15) is 9.59 Å². The maximum Gasteiger partial charge on any atom is 0.330 e. The fourth-order valence-corrected chi connectivity index (χ4v) is 2.35. The molecule has 1 aromatic rings. The van der Waals surface area contributed by atoms with E-state index in [0.29, 0.717) is 0 Å². The van der Waals surface area contributed by atoms with Gasteiger partial charge in [-0.3, -0.25) is 9.59 Å². The summed E-state index contributed by atoms with van der Waals surface area (Å²) in [5.74, 6) is -3.21. The first-order valence-electron chi connectivity index (χ1n) is 5.57. The average Bonchev–Trinajstić information content (AvgIpc) is 2.39. The molecule has 1 aliphatic carbocycles. The third-order valence-electron chi connectivity index (χ3n) is 3.12. The lowest BCUT2D eigenvalue weighted by molar-refractivity contribution is -0.157. The van der Waals surface area contributed by atoms with E-state index in [1.165, 1.54) is 6.08 Å². The van der Waals surface area contributed by atoms with Gasteiger partial charge in [-0.25, -0.2) is 0 Å². The van der Waals surface area contributed by atoms with Gasteiger partial charge >= 0.3 is 11.9 Å². The minimum absolute atomic E-state index is 0.205. The van der Waals surface area contributed by atoms with Crippen molar-refractivity contribution in [2.24, 2.45) is 5.41 Å². The summed E-state index contributed by atoms with van der Waals surface area (Å²) in [6, 6.07) is 9.29. The molecule has 0 saturated carbocycles. The number of hydrogen-bond donors (Lipinski definition) is 2. The summed E-state index contributed by atoms with van der Waals surface area (Å²) in [4.78, 5) is 22.4. The van der Waals surface area contributed by atoms with Gasteiger partial charge in [0.2, 0.25) is 5.41 Å². The summed E-state index contributed by atoms with van der Waals surface area (Å²) in [5.41, 5.74) is -1.26. The second-order valence-electron chi connectivity index (χ2n) is 4.23. The molecule has 0 bridgehead atoms. The van der Waals surface area contributed by atoms with Crippen molar-refractivity contribution < 1.29 is 19.8 Å². The fourth-order valence-electron chi connectivity index (χ4n) is 1.99. The third kappa shape index (κ3) is 2.15. The monoisotopic (exact) mass is 278 g/mol. The van der Waals surface area contributed by atoms with E-state index >= 15 is 0 Å². The smallest absolute Gasteiger partial charge is 0.330 e. The Kier molecular flexibility index (Phi) is 3.44. The summed E-state index contributed by atoms with van der Waals surface area (Å²) in [7, 11) is 0. The van der Waals surface area contributed by atoms with Crippen molar-refractivity contribution in [1.82, 2.24) is 0 Å². The van der Waals surface area contributed by atoms with Crippen molar-refractivity contribution in [1.29, 1.82) is 0 Å². The first-order chi connectivity index (χ1) is 8.98. The van der Waals surface area contributed by atoms with Crippen LogP contribution >= 0.6 is 11.6 Å². The molecule has 0 spiro atoms. The van der Waals surface area contributed by atoms with Crippen LogP contribution < -0.4 is 0 Å². The average molecular weight is 279 g/mol. The van der Waals surface area contributed by atoms with Gasteiger partial charge in [0.1, 0.15) is 0 Å². The highest BCUT2D eigenvalue weighted by Crippen LogP contribution is 2.40. The predicted octanol–water partition coefficient (Wildman–Crippen LogP) is 2.62. The number of rotatable bonds is 3. The Bertz CT molecular complexity index is 560. The minimum atomic E-state index is -2.17. The molecule has 2 rings (SSSR count). The van der Waals surface area contributed by atoms with Crippen LogP contribution in [0.15, 0.2) is 53.6 Å². The van der Waals surface area contributed by atoms with Gasteiger partial charge in [0.25, 0.3) is 0 Å². The summed E-state index contributed by atoms with van der Waals surface area (Å²) in [6.45, 7) is 0. The normalized spacial score (nSPS) is 20.7. The number of carboxylic acid groups (broad SMARTS) is 2. The first-order valence-corrected chi connectivity index (χ1v) is 5.95. The molecule has 0 aliphatic heterocycles. The van der Waals surface area contributed by atoms with E-state index in [0.717, 1.165) is 11.6 Å². The Labute approximate surface area is 114 Å². The topological polar surface area (TPSA) is 74.6 Å². The number of benzene rings is 1.